The van der Waals surface area contributed by atoms with E-state index in [2.05, 4.69) is 4.98 Å². The average Bonchev–Trinajstić information content (AvgIpc) is 3.14. The van der Waals surface area contributed by atoms with Gasteiger partial charge in [0.1, 0.15) is 11.6 Å². The molecular weight excluding hydrogens is 360 g/mol. The first-order chi connectivity index (χ1) is 12.3. The summed E-state index contributed by atoms with van der Waals surface area (Å²) in [5.74, 6) is 0.501. The van der Waals surface area contributed by atoms with Gasteiger partial charge in [-0.15, -0.1) is 0 Å². The summed E-state index contributed by atoms with van der Waals surface area (Å²) < 4.78 is 34.4. The van der Waals surface area contributed by atoms with Crippen molar-refractivity contribution in [3.63, 3.8) is 0 Å². The molecule has 0 aliphatic rings. The minimum absolute atomic E-state index is 0.125. The first kappa shape index (κ1) is 17.7. The summed E-state index contributed by atoms with van der Waals surface area (Å²) in [5, 5.41) is 0. The van der Waals surface area contributed by atoms with Gasteiger partial charge in [0.15, 0.2) is 4.90 Å². The van der Waals surface area contributed by atoms with Crippen LogP contribution in [0.3, 0.4) is 0 Å². The first-order valence-corrected chi connectivity index (χ1v) is 8.99. The normalized spacial score (nSPS) is 11.5. The molecule has 3 rings (SSSR count). The molecule has 0 unspecified atom stereocenters. The zero-order valence-electron chi connectivity index (χ0n) is 14.1. The molecule has 3 aromatic heterocycles. The van der Waals surface area contributed by atoms with Crippen LogP contribution < -0.4 is 15.6 Å². The fraction of sp³-hybridized carbons (Fsp3) is 0.188. The highest BCUT2D eigenvalue weighted by Gasteiger charge is 2.31. The summed E-state index contributed by atoms with van der Waals surface area (Å²) in [6.45, 7) is -0.154. The Morgan fingerprint density at radius 2 is 1.92 bits per heavy atom. The molecule has 0 aliphatic carbocycles. The number of anilines is 1. The second-order valence-corrected chi connectivity index (χ2v) is 7.36. The van der Waals surface area contributed by atoms with Crippen molar-refractivity contribution in [2.45, 2.75) is 11.4 Å². The van der Waals surface area contributed by atoms with Crippen molar-refractivity contribution in [2.75, 3.05) is 4.31 Å². The molecule has 0 N–H and O–H groups in total. The molecule has 0 bridgehead atoms. The summed E-state index contributed by atoms with van der Waals surface area (Å²) >= 11 is 0. The van der Waals surface area contributed by atoms with Gasteiger partial charge in [-0.1, -0.05) is 6.07 Å². The first-order valence-electron chi connectivity index (χ1n) is 7.55. The minimum atomic E-state index is -4.30. The van der Waals surface area contributed by atoms with E-state index in [1.807, 2.05) is 0 Å². The highest BCUT2D eigenvalue weighted by atomic mass is 32.2. The van der Waals surface area contributed by atoms with Crippen LogP contribution in [0.15, 0.2) is 67.9 Å². The second kappa shape index (κ2) is 6.64. The lowest BCUT2D eigenvalue weighted by molar-refractivity contribution is 0.507. The van der Waals surface area contributed by atoms with Crippen LogP contribution in [0, 0.1) is 0 Å². The third-order valence-corrected chi connectivity index (χ3v) is 5.50. The number of rotatable bonds is 5. The number of hydrogen-bond acceptors (Lipinski definition) is 6. The fourth-order valence-corrected chi connectivity index (χ4v) is 3.94. The molecule has 0 saturated carbocycles. The molecule has 0 radical (unpaired) electrons. The highest BCUT2D eigenvalue weighted by molar-refractivity contribution is 7.92. The molecule has 0 aliphatic heterocycles. The lowest BCUT2D eigenvalue weighted by Gasteiger charge is -2.22. The molecule has 3 heterocycles. The predicted octanol–water partition coefficient (Wildman–Crippen LogP) is 0.468. The Bertz CT molecular complexity index is 1130. The predicted molar refractivity (Wildman–Crippen MR) is 93.2 cm³/mol. The van der Waals surface area contributed by atoms with Crippen molar-refractivity contribution in [3.05, 3.63) is 75.6 Å². The van der Waals surface area contributed by atoms with Gasteiger partial charge >= 0.3 is 5.69 Å². The van der Waals surface area contributed by atoms with Gasteiger partial charge in [0.2, 0.25) is 0 Å². The van der Waals surface area contributed by atoms with Gasteiger partial charge in [-0.3, -0.25) is 9.36 Å². The summed E-state index contributed by atoms with van der Waals surface area (Å²) in [6, 6.07) is 8.03. The molecule has 0 atom stereocenters. The molecule has 10 heteroatoms. The molecular formula is C16H16N4O5S. The smallest absolute Gasteiger partial charge is 0.330 e. The molecule has 0 aromatic carbocycles. The van der Waals surface area contributed by atoms with Crippen LogP contribution in [0.1, 0.15) is 5.76 Å². The van der Waals surface area contributed by atoms with Crippen LogP contribution in [0.25, 0.3) is 0 Å². The zero-order chi connectivity index (χ0) is 18.9. The third kappa shape index (κ3) is 3.06. The van der Waals surface area contributed by atoms with E-state index in [0.29, 0.717) is 5.76 Å². The number of furan rings is 1. The van der Waals surface area contributed by atoms with Crippen molar-refractivity contribution < 1.29 is 12.8 Å². The minimum Gasteiger partial charge on any atom is -0.467 e. The Labute approximate surface area is 148 Å². The van der Waals surface area contributed by atoms with Gasteiger partial charge in [-0.2, -0.15) is 0 Å². The average molecular weight is 376 g/mol. The fourth-order valence-electron chi connectivity index (χ4n) is 2.41. The van der Waals surface area contributed by atoms with Crippen LogP contribution in [-0.2, 0) is 30.7 Å². The largest absolute Gasteiger partial charge is 0.467 e. The Hall–Kier alpha value is -3.14. The van der Waals surface area contributed by atoms with Crippen molar-refractivity contribution in [2.24, 2.45) is 14.1 Å². The maximum atomic E-state index is 13.2. The van der Waals surface area contributed by atoms with Gasteiger partial charge < -0.3 is 8.98 Å². The zero-order valence-corrected chi connectivity index (χ0v) is 14.9. The van der Waals surface area contributed by atoms with Crippen LogP contribution in [0.5, 0.6) is 0 Å². The van der Waals surface area contributed by atoms with Gasteiger partial charge in [0, 0.05) is 26.5 Å². The lowest BCUT2D eigenvalue weighted by Crippen LogP contribution is -2.42. The molecule has 0 spiro atoms. The highest BCUT2D eigenvalue weighted by Crippen LogP contribution is 2.22. The molecule has 0 fully saturated rings. The monoisotopic (exact) mass is 376 g/mol. The van der Waals surface area contributed by atoms with Gasteiger partial charge in [0.25, 0.3) is 15.6 Å². The van der Waals surface area contributed by atoms with Crippen LogP contribution >= 0.6 is 0 Å². The number of aryl methyl sites for hydroxylation is 1. The number of nitrogens with zero attached hydrogens (tertiary/aromatic N) is 4. The van der Waals surface area contributed by atoms with Crippen LogP contribution in [0.4, 0.5) is 5.82 Å². The molecule has 26 heavy (non-hydrogen) atoms. The molecule has 0 saturated heterocycles. The van der Waals surface area contributed by atoms with Crippen molar-refractivity contribution in [1.82, 2.24) is 14.1 Å². The van der Waals surface area contributed by atoms with E-state index in [0.717, 1.165) is 19.6 Å². The van der Waals surface area contributed by atoms with Gasteiger partial charge in [-0.05, 0) is 24.3 Å². The maximum absolute atomic E-state index is 13.2. The summed E-state index contributed by atoms with van der Waals surface area (Å²) in [7, 11) is -1.71. The number of sulfonamides is 1. The van der Waals surface area contributed by atoms with Gasteiger partial charge in [-0.25, -0.2) is 22.5 Å². The van der Waals surface area contributed by atoms with E-state index in [4.69, 9.17) is 4.42 Å². The van der Waals surface area contributed by atoms with Crippen LogP contribution in [0.2, 0.25) is 0 Å². The second-order valence-electron chi connectivity index (χ2n) is 5.53. The Morgan fingerprint density at radius 3 is 2.54 bits per heavy atom. The van der Waals surface area contributed by atoms with E-state index in [1.54, 1.807) is 24.3 Å². The van der Waals surface area contributed by atoms with Crippen LogP contribution in [-0.4, -0.2) is 22.5 Å². The van der Waals surface area contributed by atoms with Crippen molar-refractivity contribution >= 4 is 15.8 Å². The summed E-state index contributed by atoms with van der Waals surface area (Å²) in [5.41, 5.74) is -1.53. The molecule has 3 aromatic rings. The van der Waals surface area contributed by atoms with E-state index < -0.39 is 26.2 Å². The van der Waals surface area contributed by atoms with Crippen molar-refractivity contribution in [1.29, 1.82) is 0 Å². The topological polar surface area (TPSA) is 107 Å². The molecule has 9 nitrogen and oxygen atoms in total. The number of hydrogen-bond donors (Lipinski definition) is 0. The standard InChI is InChI=1S/C16H16N4O5S/c1-18-11-13(15(21)19(2)16(18)22)26(23,24)20(10-12-6-5-9-25-12)14-7-3-4-8-17-14/h3-9,11H,10H2,1-2H3. The van der Waals surface area contributed by atoms with E-state index in [1.165, 1.54) is 32.6 Å². The SMILES string of the molecule is Cn1cc(S(=O)(=O)N(Cc2ccco2)c2ccccn2)c(=O)n(C)c1=O. The van der Waals surface area contributed by atoms with E-state index >= 15 is 0 Å². The Balaban J connectivity index is 2.20. The van der Waals surface area contributed by atoms with E-state index in [-0.39, 0.29) is 12.4 Å². The quantitative estimate of drug-likeness (QED) is 0.640. The summed E-state index contributed by atoms with van der Waals surface area (Å²) in [4.78, 5) is 27.8. The Morgan fingerprint density at radius 1 is 1.15 bits per heavy atom. The summed E-state index contributed by atoms with van der Waals surface area (Å²) in [6.07, 6.45) is 3.88. The maximum Gasteiger partial charge on any atom is 0.330 e. The lowest BCUT2D eigenvalue weighted by atomic mass is 10.4. The third-order valence-electron chi connectivity index (χ3n) is 3.77. The molecule has 0 amide bonds. The number of pyridine rings is 1. The van der Waals surface area contributed by atoms with Crippen molar-refractivity contribution in [3.8, 4) is 0 Å². The van der Waals surface area contributed by atoms with Gasteiger partial charge in [0.05, 0.1) is 12.8 Å². The number of aromatic nitrogens is 3. The van der Waals surface area contributed by atoms with E-state index in [9.17, 15) is 18.0 Å². The molecule has 136 valence electrons. The Kier molecular flexibility index (Phi) is 4.51.